The smallest absolute Gasteiger partial charge is 0.157 e. The Kier molecular flexibility index (Phi) is 4.81. The van der Waals surface area contributed by atoms with Gasteiger partial charge in [0.15, 0.2) is 6.23 Å². The number of benzene rings is 1. The fourth-order valence-electron chi connectivity index (χ4n) is 2.11. The van der Waals surface area contributed by atoms with Crippen LogP contribution < -0.4 is 15.6 Å². The van der Waals surface area contributed by atoms with Gasteiger partial charge in [-0.1, -0.05) is 0 Å². The molecule has 10 heteroatoms. The van der Waals surface area contributed by atoms with E-state index in [0.717, 1.165) is 12.1 Å². The van der Waals surface area contributed by atoms with Gasteiger partial charge in [0, 0.05) is 11.3 Å². The fourth-order valence-corrected chi connectivity index (χ4v) is 2.11. The van der Waals surface area contributed by atoms with Gasteiger partial charge in [-0.2, -0.15) is 0 Å². The van der Waals surface area contributed by atoms with Crippen LogP contribution in [-0.2, 0) is 4.74 Å². The Morgan fingerprint density at radius 3 is 2.45 bits per heavy atom. The van der Waals surface area contributed by atoms with E-state index in [9.17, 15) is 20.1 Å². The topological polar surface area (TPSA) is 166 Å². The number of nitrogens with one attached hydrogen (secondary N) is 1. The lowest BCUT2D eigenvalue weighted by Gasteiger charge is -2.20. The third kappa shape index (κ3) is 3.27. The molecule has 0 saturated carbocycles. The van der Waals surface area contributed by atoms with Crippen LogP contribution in [0.3, 0.4) is 0 Å². The molecule has 1 heterocycles. The number of aliphatic hydroxyl groups is 3. The van der Waals surface area contributed by atoms with E-state index in [1.165, 1.54) is 6.07 Å². The Morgan fingerprint density at radius 1 is 1.27 bits per heavy atom. The molecule has 1 fully saturated rings. The molecule has 1 aromatic carbocycles. The van der Waals surface area contributed by atoms with Crippen LogP contribution in [0.25, 0.3) is 0 Å². The minimum atomic E-state index is -1.55. The zero-order valence-electron chi connectivity index (χ0n) is 11.2. The third-order valence-electron chi connectivity index (χ3n) is 3.24. The summed E-state index contributed by atoms with van der Waals surface area (Å²) in [4.78, 5) is 10.9. The number of rotatable bonds is 5. The normalized spacial score (nSPS) is 27.7. The van der Waals surface area contributed by atoms with Gasteiger partial charge >= 0.3 is 0 Å². The lowest BCUT2D eigenvalue weighted by atomic mass is 10.1. The summed E-state index contributed by atoms with van der Waals surface area (Å²) >= 11 is 0. The van der Waals surface area contributed by atoms with Crippen LogP contribution in [0.2, 0.25) is 0 Å². The molecule has 0 aliphatic carbocycles. The molecule has 22 heavy (non-hydrogen) atoms. The van der Waals surface area contributed by atoms with Gasteiger partial charge in [0.2, 0.25) is 0 Å². The van der Waals surface area contributed by atoms with Crippen molar-refractivity contribution >= 4 is 17.3 Å². The lowest BCUT2D eigenvalue weighted by molar-refractivity contribution is -0.255. The summed E-state index contributed by atoms with van der Waals surface area (Å²) in [5, 5.41) is 59.6. The molecule has 2 rings (SSSR count). The summed E-state index contributed by atoms with van der Waals surface area (Å²) in [6.07, 6.45) is -4.81. The number of carbonyl (C=O) groups is 1. The summed E-state index contributed by atoms with van der Waals surface area (Å²) < 4.78 is 5.18. The molecule has 122 valence electrons. The second kappa shape index (κ2) is 6.44. The van der Waals surface area contributed by atoms with Crippen LogP contribution in [0.15, 0.2) is 18.2 Å². The highest BCUT2D eigenvalue weighted by Crippen LogP contribution is 2.26. The average molecular weight is 315 g/mol. The molecule has 0 spiro atoms. The first-order chi connectivity index (χ1) is 10.3. The van der Waals surface area contributed by atoms with Crippen molar-refractivity contribution in [1.29, 1.82) is 0 Å². The molecule has 0 aromatic heterocycles. The number of carboxylic acid groups (broad SMARTS) is 1. The molecule has 1 aliphatic rings. The van der Waals surface area contributed by atoms with E-state index < -0.39 is 37.1 Å². The maximum atomic E-state index is 10.9. The van der Waals surface area contributed by atoms with Crippen LogP contribution in [0, 0.1) is 0 Å². The van der Waals surface area contributed by atoms with Gasteiger partial charge in [-0.05, 0) is 18.2 Å². The zero-order valence-corrected chi connectivity index (χ0v) is 11.2. The van der Waals surface area contributed by atoms with Crippen molar-refractivity contribution in [2.75, 3.05) is 17.2 Å². The molecule has 0 bridgehead atoms. The molecule has 6 N–H and O–H groups in total. The van der Waals surface area contributed by atoms with Crippen molar-refractivity contribution in [2.24, 2.45) is 0 Å². The first-order valence-corrected chi connectivity index (χ1v) is 6.26. The van der Waals surface area contributed by atoms with Crippen LogP contribution >= 0.6 is 0 Å². The van der Waals surface area contributed by atoms with Gasteiger partial charge in [-0.25, -0.2) is 0 Å². The van der Waals surface area contributed by atoms with E-state index in [4.69, 9.17) is 20.3 Å². The Morgan fingerprint density at radius 2 is 1.95 bits per heavy atom. The standard InChI is InChI=1S/C12H16N2O8/c15-4-8-9(16)10(17)11(22-8)13-6-1-5(12(18)19)2-7(3-6)14(20)21/h1-3,8-11,13,15-17,20-21H,4H2,(H,18,19)/p-1. The largest absolute Gasteiger partial charge is 0.545 e. The Balaban J connectivity index is 2.24. The van der Waals surface area contributed by atoms with Crippen molar-refractivity contribution in [2.45, 2.75) is 24.5 Å². The van der Waals surface area contributed by atoms with E-state index in [1.807, 2.05) is 0 Å². The minimum absolute atomic E-state index is 0.0691. The number of ether oxygens (including phenoxy) is 1. The molecular weight excluding hydrogens is 300 g/mol. The number of anilines is 2. The first kappa shape index (κ1) is 16.4. The van der Waals surface area contributed by atoms with Crippen molar-refractivity contribution in [3.05, 3.63) is 23.8 Å². The number of aliphatic hydroxyl groups excluding tert-OH is 3. The van der Waals surface area contributed by atoms with Gasteiger partial charge in [-0.15, -0.1) is 5.23 Å². The molecule has 1 aromatic rings. The van der Waals surface area contributed by atoms with Gasteiger partial charge in [0.1, 0.15) is 18.3 Å². The number of hydrogen-bond donors (Lipinski definition) is 6. The Bertz CT molecular complexity index is 552. The molecule has 4 atom stereocenters. The number of carbonyl (C=O) groups excluding carboxylic acids is 1. The van der Waals surface area contributed by atoms with Crippen molar-refractivity contribution in [3.8, 4) is 0 Å². The zero-order chi connectivity index (χ0) is 16.4. The second-order valence-electron chi connectivity index (χ2n) is 4.75. The van der Waals surface area contributed by atoms with Crippen LogP contribution in [0.4, 0.5) is 11.4 Å². The number of carboxylic acids is 1. The van der Waals surface area contributed by atoms with Gasteiger partial charge in [0.25, 0.3) is 0 Å². The van der Waals surface area contributed by atoms with Crippen LogP contribution in [0.1, 0.15) is 10.4 Å². The van der Waals surface area contributed by atoms with Gasteiger partial charge < -0.3 is 35.3 Å². The molecule has 0 amide bonds. The van der Waals surface area contributed by atoms with Crippen molar-refractivity contribution in [3.63, 3.8) is 0 Å². The molecular formula is C12H15N2O8-. The summed E-state index contributed by atoms with van der Waals surface area (Å²) in [6.45, 7) is -0.512. The Labute approximate surface area is 124 Å². The fraction of sp³-hybridized carbons (Fsp3) is 0.417. The Hall–Kier alpha value is -1.95. The predicted octanol–water partition coefficient (Wildman–Crippen LogP) is -2.51. The minimum Gasteiger partial charge on any atom is -0.545 e. The van der Waals surface area contributed by atoms with E-state index >= 15 is 0 Å². The maximum Gasteiger partial charge on any atom is 0.157 e. The average Bonchev–Trinajstić information content (AvgIpc) is 2.74. The van der Waals surface area contributed by atoms with Crippen LogP contribution in [-0.4, -0.2) is 62.9 Å². The SMILES string of the molecule is O=C([O-])c1cc(NC2OC(CO)C(O)C2O)cc(N(O)O)c1. The number of hydrogen-bond acceptors (Lipinski definition) is 10. The van der Waals surface area contributed by atoms with E-state index in [-0.39, 0.29) is 22.2 Å². The summed E-state index contributed by atoms with van der Waals surface area (Å²) in [5.74, 6) is -1.55. The van der Waals surface area contributed by atoms with Crippen LogP contribution in [0.5, 0.6) is 0 Å². The van der Waals surface area contributed by atoms with E-state index in [0.29, 0.717) is 0 Å². The summed E-state index contributed by atoms with van der Waals surface area (Å²) in [5.41, 5.74) is -0.546. The molecule has 1 saturated heterocycles. The monoisotopic (exact) mass is 315 g/mol. The highest BCUT2D eigenvalue weighted by molar-refractivity contribution is 5.88. The number of aromatic carboxylic acids is 1. The van der Waals surface area contributed by atoms with Crippen molar-refractivity contribution in [1.82, 2.24) is 0 Å². The highest BCUT2D eigenvalue weighted by atomic mass is 16.8. The summed E-state index contributed by atoms with van der Waals surface area (Å²) in [6, 6.07) is 3.25. The van der Waals surface area contributed by atoms with E-state index in [1.54, 1.807) is 0 Å². The highest BCUT2D eigenvalue weighted by Gasteiger charge is 2.42. The predicted molar refractivity (Wildman–Crippen MR) is 68.2 cm³/mol. The summed E-state index contributed by atoms with van der Waals surface area (Å²) in [7, 11) is 0. The van der Waals surface area contributed by atoms with Crippen molar-refractivity contribution < 1.29 is 40.4 Å². The van der Waals surface area contributed by atoms with Gasteiger partial charge in [-0.3, -0.25) is 10.4 Å². The second-order valence-corrected chi connectivity index (χ2v) is 4.75. The first-order valence-electron chi connectivity index (χ1n) is 6.26. The molecule has 0 radical (unpaired) electrons. The quantitative estimate of drug-likeness (QED) is 0.319. The van der Waals surface area contributed by atoms with E-state index in [2.05, 4.69) is 5.32 Å². The number of nitrogens with zero attached hydrogens (tertiary/aromatic N) is 1. The maximum absolute atomic E-state index is 10.9. The van der Waals surface area contributed by atoms with Gasteiger partial charge in [0.05, 0.1) is 18.3 Å². The lowest BCUT2D eigenvalue weighted by Crippen LogP contribution is -2.36. The molecule has 10 nitrogen and oxygen atoms in total. The molecule has 4 unspecified atom stereocenters. The molecule has 1 aliphatic heterocycles. The third-order valence-corrected chi connectivity index (χ3v) is 3.24.